The molecule has 1 amide bonds. The van der Waals surface area contributed by atoms with Gasteiger partial charge in [-0.15, -0.1) is 10.2 Å². The van der Waals surface area contributed by atoms with Crippen LogP contribution in [-0.2, 0) is 4.79 Å². The van der Waals surface area contributed by atoms with Gasteiger partial charge in [0.2, 0.25) is 5.91 Å². The fourth-order valence-electron chi connectivity index (χ4n) is 2.62. The second kappa shape index (κ2) is 7.74. The third-order valence-electron chi connectivity index (χ3n) is 4.19. The number of carbonyl (C=O) groups excluding carboxylic acids is 1. The lowest BCUT2D eigenvalue weighted by Gasteiger charge is -2.15. The van der Waals surface area contributed by atoms with Crippen molar-refractivity contribution in [3.05, 3.63) is 65.5 Å². The Kier molecular flexibility index (Phi) is 5.42. The van der Waals surface area contributed by atoms with Crippen LogP contribution in [0.1, 0.15) is 23.6 Å². The van der Waals surface area contributed by atoms with E-state index in [1.54, 1.807) is 6.33 Å². The maximum atomic E-state index is 12.6. The lowest BCUT2D eigenvalue weighted by atomic mass is 10.1. The molecule has 0 radical (unpaired) electrons. The molecule has 0 saturated heterocycles. The van der Waals surface area contributed by atoms with E-state index in [0.29, 0.717) is 5.16 Å². The van der Waals surface area contributed by atoms with Gasteiger partial charge >= 0.3 is 0 Å². The van der Waals surface area contributed by atoms with E-state index in [9.17, 15) is 4.79 Å². The lowest BCUT2D eigenvalue weighted by molar-refractivity contribution is -0.115. The van der Waals surface area contributed by atoms with E-state index in [-0.39, 0.29) is 11.2 Å². The fourth-order valence-corrected chi connectivity index (χ4v) is 3.46. The molecule has 0 saturated carbocycles. The van der Waals surface area contributed by atoms with Crippen LogP contribution in [0.5, 0.6) is 0 Å². The normalized spacial score (nSPS) is 12.0. The molecule has 6 heteroatoms. The second-order valence-electron chi connectivity index (χ2n) is 6.34. The number of hydrogen-bond acceptors (Lipinski definition) is 4. The number of amides is 1. The summed E-state index contributed by atoms with van der Waals surface area (Å²) in [5, 5.41) is 11.6. The summed E-state index contributed by atoms with van der Waals surface area (Å²) < 4.78 is 1.92. The van der Waals surface area contributed by atoms with Crippen LogP contribution in [0.15, 0.2) is 53.9 Å². The maximum Gasteiger partial charge on any atom is 0.237 e. The SMILES string of the molecule is Cc1ccc(C)c(NC(=O)C(C)Sc2nncn2-c2ccccc2C)c1. The zero-order valence-corrected chi connectivity index (χ0v) is 16.2. The topological polar surface area (TPSA) is 59.8 Å². The van der Waals surface area contributed by atoms with Crippen molar-refractivity contribution in [2.24, 2.45) is 0 Å². The van der Waals surface area contributed by atoms with Gasteiger partial charge in [0.15, 0.2) is 5.16 Å². The molecule has 0 spiro atoms. The van der Waals surface area contributed by atoms with Crippen molar-refractivity contribution in [2.75, 3.05) is 5.32 Å². The van der Waals surface area contributed by atoms with Crippen molar-refractivity contribution in [1.82, 2.24) is 14.8 Å². The maximum absolute atomic E-state index is 12.6. The Balaban J connectivity index is 1.76. The smallest absolute Gasteiger partial charge is 0.237 e. The summed E-state index contributed by atoms with van der Waals surface area (Å²) in [4.78, 5) is 12.6. The van der Waals surface area contributed by atoms with E-state index >= 15 is 0 Å². The molecule has 26 heavy (non-hydrogen) atoms. The molecule has 0 fully saturated rings. The van der Waals surface area contributed by atoms with Crippen molar-refractivity contribution < 1.29 is 4.79 Å². The molecule has 0 aliphatic carbocycles. The Morgan fingerprint density at radius 3 is 2.65 bits per heavy atom. The van der Waals surface area contributed by atoms with Crippen LogP contribution in [0.2, 0.25) is 0 Å². The van der Waals surface area contributed by atoms with Gasteiger partial charge in [-0.25, -0.2) is 0 Å². The van der Waals surface area contributed by atoms with Crippen LogP contribution in [0.4, 0.5) is 5.69 Å². The highest BCUT2D eigenvalue weighted by Gasteiger charge is 2.19. The van der Waals surface area contributed by atoms with Gasteiger partial charge in [0.05, 0.1) is 10.9 Å². The number of aromatic nitrogens is 3. The molecule has 0 bridgehead atoms. The molecule has 0 aliphatic heterocycles. The summed E-state index contributed by atoms with van der Waals surface area (Å²) in [7, 11) is 0. The van der Waals surface area contributed by atoms with E-state index < -0.39 is 0 Å². The van der Waals surface area contributed by atoms with Gasteiger partial charge in [-0.3, -0.25) is 9.36 Å². The van der Waals surface area contributed by atoms with Crippen molar-refractivity contribution in [3.63, 3.8) is 0 Å². The van der Waals surface area contributed by atoms with Crippen LogP contribution in [0.3, 0.4) is 0 Å². The van der Waals surface area contributed by atoms with Gasteiger partial charge in [0.25, 0.3) is 0 Å². The van der Waals surface area contributed by atoms with E-state index in [2.05, 4.69) is 15.5 Å². The largest absolute Gasteiger partial charge is 0.325 e. The molecule has 3 aromatic rings. The van der Waals surface area contributed by atoms with E-state index in [4.69, 9.17) is 0 Å². The van der Waals surface area contributed by atoms with E-state index in [1.165, 1.54) is 11.8 Å². The summed E-state index contributed by atoms with van der Waals surface area (Å²) in [5.74, 6) is -0.0527. The van der Waals surface area contributed by atoms with E-state index in [0.717, 1.165) is 28.1 Å². The lowest BCUT2D eigenvalue weighted by Crippen LogP contribution is -2.23. The molecule has 2 aromatic carbocycles. The highest BCUT2D eigenvalue weighted by molar-refractivity contribution is 8.00. The number of aryl methyl sites for hydroxylation is 3. The Morgan fingerprint density at radius 1 is 1.12 bits per heavy atom. The predicted octanol–water partition coefficient (Wildman–Crippen LogP) is 4.31. The van der Waals surface area contributed by atoms with Crippen LogP contribution >= 0.6 is 11.8 Å². The minimum atomic E-state index is -0.304. The quantitative estimate of drug-likeness (QED) is 0.684. The molecule has 1 N–H and O–H groups in total. The minimum Gasteiger partial charge on any atom is -0.325 e. The third kappa shape index (κ3) is 3.96. The van der Waals surface area contributed by atoms with Gasteiger partial charge in [0.1, 0.15) is 6.33 Å². The van der Waals surface area contributed by atoms with E-state index in [1.807, 2.05) is 74.7 Å². The van der Waals surface area contributed by atoms with Crippen molar-refractivity contribution in [1.29, 1.82) is 0 Å². The Hall–Kier alpha value is -2.60. The highest BCUT2D eigenvalue weighted by Crippen LogP contribution is 2.26. The molecule has 1 atom stereocenters. The van der Waals surface area contributed by atoms with Crippen LogP contribution < -0.4 is 5.32 Å². The summed E-state index contributed by atoms with van der Waals surface area (Å²) >= 11 is 1.40. The van der Waals surface area contributed by atoms with Crippen molar-refractivity contribution >= 4 is 23.4 Å². The van der Waals surface area contributed by atoms with Crippen LogP contribution in [0.25, 0.3) is 5.69 Å². The first-order valence-electron chi connectivity index (χ1n) is 8.46. The number of thioether (sulfide) groups is 1. The Labute approximate surface area is 157 Å². The van der Waals surface area contributed by atoms with Crippen molar-refractivity contribution in [2.45, 2.75) is 38.1 Å². The van der Waals surface area contributed by atoms with Crippen LogP contribution in [-0.4, -0.2) is 25.9 Å². The number of nitrogens with zero attached hydrogens (tertiary/aromatic N) is 3. The first kappa shape index (κ1) is 18.2. The predicted molar refractivity (Wildman–Crippen MR) is 106 cm³/mol. The van der Waals surface area contributed by atoms with Gasteiger partial charge in [-0.1, -0.05) is 42.1 Å². The summed E-state index contributed by atoms with van der Waals surface area (Å²) in [6.07, 6.45) is 1.68. The third-order valence-corrected chi connectivity index (χ3v) is 5.25. The first-order valence-corrected chi connectivity index (χ1v) is 9.34. The molecule has 3 rings (SSSR count). The summed E-state index contributed by atoms with van der Waals surface area (Å²) in [6, 6.07) is 14.1. The number of rotatable bonds is 5. The number of benzene rings is 2. The monoisotopic (exact) mass is 366 g/mol. The number of carbonyl (C=O) groups is 1. The van der Waals surface area contributed by atoms with Gasteiger partial charge < -0.3 is 5.32 Å². The van der Waals surface area contributed by atoms with Crippen LogP contribution in [0, 0.1) is 20.8 Å². The molecule has 1 heterocycles. The molecule has 1 aromatic heterocycles. The standard InChI is InChI=1S/C20H22N4OS/c1-13-9-10-14(2)17(11-13)22-19(25)16(4)26-20-23-21-12-24(20)18-8-6-5-7-15(18)3/h5-12,16H,1-4H3,(H,22,25). The van der Waals surface area contributed by atoms with Gasteiger partial charge in [0, 0.05) is 5.69 Å². The molecule has 134 valence electrons. The molecular weight excluding hydrogens is 344 g/mol. The van der Waals surface area contributed by atoms with Gasteiger partial charge in [-0.2, -0.15) is 0 Å². The molecule has 0 aliphatic rings. The summed E-state index contributed by atoms with van der Waals surface area (Å²) in [6.45, 7) is 7.92. The number of hydrogen-bond donors (Lipinski definition) is 1. The average molecular weight is 366 g/mol. The Morgan fingerprint density at radius 2 is 1.88 bits per heavy atom. The van der Waals surface area contributed by atoms with Gasteiger partial charge in [-0.05, 0) is 56.5 Å². The molecule has 1 unspecified atom stereocenters. The number of anilines is 1. The second-order valence-corrected chi connectivity index (χ2v) is 7.65. The number of para-hydroxylation sites is 1. The zero-order chi connectivity index (χ0) is 18.7. The first-order chi connectivity index (χ1) is 12.5. The number of nitrogens with one attached hydrogen (secondary N) is 1. The minimum absolute atomic E-state index is 0.0527. The van der Waals surface area contributed by atoms with Crippen molar-refractivity contribution in [3.8, 4) is 5.69 Å². The average Bonchev–Trinajstić information content (AvgIpc) is 3.06. The summed E-state index contributed by atoms with van der Waals surface area (Å²) in [5.41, 5.74) is 5.15. The Bertz CT molecular complexity index is 935. The fraction of sp³-hybridized carbons (Fsp3) is 0.250. The zero-order valence-electron chi connectivity index (χ0n) is 15.4. The molecule has 5 nitrogen and oxygen atoms in total. The molecular formula is C20H22N4OS. The highest BCUT2D eigenvalue weighted by atomic mass is 32.2.